The van der Waals surface area contributed by atoms with Crippen molar-refractivity contribution in [3.05, 3.63) is 35.6 Å². The highest BCUT2D eigenvalue weighted by molar-refractivity contribution is 5.79. The summed E-state index contributed by atoms with van der Waals surface area (Å²) in [6, 6.07) is 6.01. The van der Waals surface area contributed by atoms with Crippen molar-refractivity contribution in [3.63, 3.8) is 0 Å². The Morgan fingerprint density at radius 1 is 1.50 bits per heavy atom. The van der Waals surface area contributed by atoms with Crippen LogP contribution in [0.2, 0.25) is 0 Å². The van der Waals surface area contributed by atoms with Gasteiger partial charge in [0.15, 0.2) is 0 Å². The monoisotopic (exact) mass is 252 g/mol. The molecule has 2 atom stereocenters. The molecule has 0 spiro atoms. The van der Waals surface area contributed by atoms with Gasteiger partial charge in [-0.25, -0.2) is 4.39 Å². The number of hydrogen-bond acceptors (Lipinski definition) is 3. The van der Waals surface area contributed by atoms with Crippen molar-refractivity contribution >= 4 is 5.91 Å². The topological polar surface area (TPSA) is 52.6 Å². The molecule has 0 aromatic heterocycles. The molecule has 1 fully saturated rings. The molecule has 0 unspecified atom stereocenters. The minimum atomic E-state index is -0.556. The molecule has 1 aliphatic rings. The standard InChI is InChI=1S/C13H17FN2O2/c1-16(11-7-15-8-12(11)17)13(18)6-9-4-2-3-5-10(9)14/h2-5,11-12,15,17H,6-8H2,1H3/t11-,12-/m1/s1. The molecule has 0 bridgehead atoms. The van der Waals surface area contributed by atoms with Crippen molar-refractivity contribution in [2.24, 2.45) is 0 Å². The average Bonchev–Trinajstić information content (AvgIpc) is 2.77. The third-order valence-electron chi connectivity index (χ3n) is 3.34. The number of aliphatic hydroxyl groups excluding tert-OH is 1. The second kappa shape index (κ2) is 5.46. The van der Waals surface area contributed by atoms with Crippen molar-refractivity contribution in [3.8, 4) is 0 Å². The van der Waals surface area contributed by atoms with Crippen molar-refractivity contribution < 1.29 is 14.3 Å². The third-order valence-corrected chi connectivity index (χ3v) is 3.34. The van der Waals surface area contributed by atoms with Gasteiger partial charge in [-0.15, -0.1) is 0 Å². The van der Waals surface area contributed by atoms with E-state index in [0.717, 1.165) is 0 Å². The Morgan fingerprint density at radius 2 is 2.22 bits per heavy atom. The normalized spacial score (nSPS) is 23.1. The number of carbonyl (C=O) groups excluding carboxylic acids is 1. The first-order chi connectivity index (χ1) is 8.59. The fraction of sp³-hybridized carbons (Fsp3) is 0.462. The van der Waals surface area contributed by atoms with Gasteiger partial charge >= 0.3 is 0 Å². The predicted molar refractivity (Wildman–Crippen MR) is 65.5 cm³/mol. The molecular formula is C13H17FN2O2. The summed E-state index contributed by atoms with van der Waals surface area (Å²) in [6.45, 7) is 1.06. The quantitative estimate of drug-likeness (QED) is 0.805. The average molecular weight is 252 g/mol. The van der Waals surface area contributed by atoms with E-state index in [2.05, 4.69) is 5.32 Å². The number of amides is 1. The van der Waals surface area contributed by atoms with E-state index < -0.39 is 6.10 Å². The number of carbonyl (C=O) groups is 1. The summed E-state index contributed by atoms with van der Waals surface area (Å²) in [5, 5.41) is 12.7. The highest BCUT2D eigenvalue weighted by Gasteiger charge is 2.31. The fourth-order valence-corrected chi connectivity index (χ4v) is 2.16. The number of hydrogen-bond donors (Lipinski definition) is 2. The van der Waals surface area contributed by atoms with Crippen LogP contribution in [0.25, 0.3) is 0 Å². The molecule has 18 heavy (non-hydrogen) atoms. The van der Waals surface area contributed by atoms with Crippen LogP contribution in [-0.2, 0) is 11.2 Å². The maximum atomic E-state index is 13.4. The Kier molecular flexibility index (Phi) is 3.93. The van der Waals surface area contributed by atoms with Crippen LogP contribution in [0.3, 0.4) is 0 Å². The lowest BCUT2D eigenvalue weighted by molar-refractivity contribution is -0.132. The molecule has 1 aliphatic heterocycles. The van der Waals surface area contributed by atoms with Crippen molar-refractivity contribution in [1.82, 2.24) is 10.2 Å². The third kappa shape index (κ3) is 2.68. The number of halogens is 1. The van der Waals surface area contributed by atoms with Gasteiger partial charge in [0.05, 0.1) is 18.6 Å². The van der Waals surface area contributed by atoms with Gasteiger partial charge in [-0.3, -0.25) is 4.79 Å². The fourth-order valence-electron chi connectivity index (χ4n) is 2.16. The predicted octanol–water partition coefficient (Wildman–Crippen LogP) is 0.159. The first-order valence-electron chi connectivity index (χ1n) is 5.97. The van der Waals surface area contributed by atoms with E-state index in [4.69, 9.17) is 0 Å². The van der Waals surface area contributed by atoms with Gasteiger partial charge in [0.25, 0.3) is 0 Å². The summed E-state index contributed by atoms with van der Waals surface area (Å²) in [5.41, 5.74) is 0.384. The molecule has 2 rings (SSSR count). The smallest absolute Gasteiger partial charge is 0.227 e. The van der Waals surface area contributed by atoms with Crippen LogP contribution in [0.15, 0.2) is 24.3 Å². The molecule has 1 aromatic carbocycles. The minimum absolute atomic E-state index is 0.0202. The Labute approximate surface area is 105 Å². The summed E-state index contributed by atoms with van der Waals surface area (Å²) < 4.78 is 13.4. The molecular weight excluding hydrogens is 235 g/mol. The zero-order chi connectivity index (χ0) is 13.1. The Morgan fingerprint density at radius 3 is 2.83 bits per heavy atom. The molecule has 1 heterocycles. The van der Waals surface area contributed by atoms with Gasteiger partial charge in [0, 0.05) is 20.1 Å². The highest BCUT2D eigenvalue weighted by atomic mass is 19.1. The molecule has 1 aromatic rings. The van der Waals surface area contributed by atoms with Crippen LogP contribution in [-0.4, -0.2) is 48.2 Å². The molecule has 0 aliphatic carbocycles. The molecule has 5 heteroatoms. The van der Waals surface area contributed by atoms with E-state index in [1.165, 1.54) is 11.0 Å². The van der Waals surface area contributed by atoms with E-state index in [0.29, 0.717) is 18.7 Å². The summed E-state index contributed by atoms with van der Waals surface area (Å²) in [7, 11) is 1.64. The van der Waals surface area contributed by atoms with Crippen molar-refractivity contribution in [2.75, 3.05) is 20.1 Å². The van der Waals surface area contributed by atoms with E-state index >= 15 is 0 Å². The van der Waals surface area contributed by atoms with Crippen LogP contribution in [0, 0.1) is 5.82 Å². The second-order valence-corrected chi connectivity index (χ2v) is 4.57. The molecule has 0 saturated carbocycles. The highest BCUT2D eigenvalue weighted by Crippen LogP contribution is 2.12. The molecule has 4 nitrogen and oxygen atoms in total. The number of nitrogens with one attached hydrogen (secondary N) is 1. The van der Waals surface area contributed by atoms with Gasteiger partial charge in [-0.2, -0.15) is 0 Å². The van der Waals surface area contributed by atoms with E-state index in [9.17, 15) is 14.3 Å². The van der Waals surface area contributed by atoms with Crippen LogP contribution in [0.1, 0.15) is 5.56 Å². The lowest BCUT2D eigenvalue weighted by Crippen LogP contribution is -2.44. The van der Waals surface area contributed by atoms with Crippen LogP contribution >= 0.6 is 0 Å². The zero-order valence-corrected chi connectivity index (χ0v) is 10.3. The molecule has 2 N–H and O–H groups in total. The van der Waals surface area contributed by atoms with Crippen molar-refractivity contribution in [2.45, 2.75) is 18.6 Å². The summed E-state index contributed by atoms with van der Waals surface area (Å²) in [6.07, 6.45) is -0.536. The number of benzene rings is 1. The SMILES string of the molecule is CN(C(=O)Cc1ccccc1F)[C@@H]1CNC[C@H]1O. The zero-order valence-electron chi connectivity index (χ0n) is 10.3. The molecule has 1 amide bonds. The Hall–Kier alpha value is -1.46. The van der Waals surface area contributed by atoms with Crippen LogP contribution in [0.5, 0.6) is 0 Å². The van der Waals surface area contributed by atoms with Gasteiger partial charge in [-0.1, -0.05) is 18.2 Å². The first kappa shape index (κ1) is 13.0. The lowest BCUT2D eigenvalue weighted by atomic mass is 10.1. The summed E-state index contributed by atoms with van der Waals surface area (Å²) in [5.74, 6) is -0.558. The van der Waals surface area contributed by atoms with Crippen LogP contribution in [0.4, 0.5) is 4.39 Å². The van der Waals surface area contributed by atoms with Gasteiger partial charge in [-0.05, 0) is 11.6 Å². The van der Waals surface area contributed by atoms with E-state index in [-0.39, 0.29) is 24.2 Å². The number of likely N-dealkylation sites (N-methyl/N-ethyl adjacent to an activating group) is 1. The van der Waals surface area contributed by atoms with Gasteiger partial charge in [0.1, 0.15) is 5.82 Å². The number of aliphatic hydroxyl groups is 1. The number of rotatable bonds is 3. The summed E-state index contributed by atoms with van der Waals surface area (Å²) in [4.78, 5) is 13.5. The summed E-state index contributed by atoms with van der Waals surface area (Å²) >= 11 is 0. The van der Waals surface area contributed by atoms with Crippen molar-refractivity contribution in [1.29, 1.82) is 0 Å². The maximum absolute atomic E-state index is 13.4. The lowest BCUT2D eigenvalue weighted by Gasteiger charge is -2.26. The number of β-amino-alcohol motifs (C(OH)–C–C–N with tert-alkyl or cyclic N) is 1. The van der Waals surface area contributed by atoms with Gasteiger partial charge < -0.3 is 15.3 Å². The maximum Gasteiger partial charge on any atom is 0.227 e. The Bertz CT molecular complexity index is 439. The van der Waals surface area contributed by atoms with E-state index in [1.54, 1.807) is 25.2 Å². The largest absolute Gasteiger partial charge is 0.390 e. The second-order valence-electron chi connectivity index (χ2n) is 4.57. The first-order valence-corrected chi connectivity index (χ1v) is 5.97. The number of nitrogens with zero attached hydrogens (tertiary/aromatic N) is 1. The van der Waals surface area contributed by atoms with E-state index in [1.807, 2.05) is 0 Å². The molecule has 0 radical (unpaired) electrons. The molecule has 98 valence electrons. The minimum Gasteiger partial charge on any atom is -0.390 e. The van der Waals surface area contributed by atoms with Gasteiger partial charge in [0.2, 0.25) is 5.91 Å². The van der Waals surface area contributed by atoms with Crippen LogP contribution < -0.4 is 5.32 Å². The Balaban J connectivity index is 2.02. The molecule has 1 saturated heterocycles.